The van der Waals surface area contributed by atoms with E-state index in [0.29, 0.717) is 4.47 Å². The number of pyridine rings is 1. The van der Waals surface area contributed by atoms with E-state index in [0.717, 1.165) is 12.3 Å². The highest BCUT2D eigenvalue weighted by Gasteiger charge is 2.14. The minimum atomic E-state index is -0.738. The second kappa shape index (κ2) is 5.63. The highest BCUT2D eigenvalue weighted by atomic mass is 79.9. The molecular formula is C12H6BrClF2N2O. The molecule has 0 aliphatic rings. The molecule has 0 aliphatic heterocycles. The van der Waals surface area contributed by atoms with E-state index in [1.54, 1.807) is 6.07 Å². The number of rotatable bonds is 2. The van der Waals surface area contributed by atoms with Crippen LogP contribution in [-0.4, -0.2) is 10.9 Å². The van der Waals surface area contributed by atoms with Crippen molar-refractivity contribution in [3.63, 3.8) is 0 Å². The van der Waals surface area contributed by atoms with E-state index in [2.05, 4.69) is 26.2 Å². The van der Waals surface area contributed by atoms with Gasteiger partial charge < -0.3 is 5.32 Å². The fraction of sp³-hybridized carbons (Fsp3) is 0. The Labute approximate surface area is 120 Å². The fourth-order valence-corrected chi connectivity index (χ4v) is 1.88. The lowest BCUT2D eigenvalue weighted by Gasteiger charge is -2.07. The van der Waals surface area contributed by atoms with Crippen molar-refractivity contribution < 1.29 is 13.6 Å². The third-order valence-electron chi connectivity index (χ3n) is 2.23. The highest BCUT2D eigenvalue weighted by molar-refractivity contribution is 9.10. The molecule has 2 aromatic rings. The molecule has 0 saturated heterocycles. The van der Waals surface area contributed by atoms with Gasteiger partial charge in [-0.15, -0.1) is 0 Å². The summed E-state index contributed by atoms with van der Waals surface area (Å²) in [6.07, 6.45) is 0.888. The molecule has 2 rings (SSSR count). The first-order valence-electron chi connectivity index (χ1n) is 5.05. The molecule has 0 atom stereocenters. The number of hydrogen-bond acceptors (Lipinski definition) is 2. The normalized spacial score (nSPS) is 10.3. The molecule has 0 saturated carbocycles. The molecule has 0 unspecified atom stereocenters. The summed E-state index contributed by atoms with van der Waals surface area (Å²) in [5, 5.41) is 2.14. The predicted octanol–water partition coefficient (Wildman–Crippen LogP) is 4.03. The number of aromatic nitrogens is 1. The van der Waals surface area contributed by atoms with Crippen molar-refractivity contribution in [2.24, 2.45) is 0 Å². The molecule has 1 heterocycles. The zero-order valence-electron chi connectivity index (χ0n) is 9.25. The van der Waals surface area contributed by atoms with Crippen molar-refractivity contribution >= 4 is 39.1 Å². The lowest BCUT2D eigenvalue weighted by Crippen LogP contribution is -2.14. The Morgan fingerprint density at radius 3 is 2.74 bits per heavy atom. The van der Waals surface area contributed by atoms with E-state index in [9.17, 15) is 13.6 Å². The van der Waals surface area contributed by atoms with Gasteiger partial charge in [0.25, 0.3) is 5.91 Å². The van der Waals surface area contributed by atoms with Crippen LogP contribution in [0.1, 0.15) is 10.4 Å². The van der Waals surface area contributed by atoms with Gasteiger partial charge in [-0.3, -0.25) is 4.79 Å². The van der Waals surface area contributed by atoms with E-state index in [4.69, 9.17) is 11.6 Å². The number of benzene rings is 1. The quantitative estimate of drug-likeness (QED) is 0.834. The molecule has 1 N–H and O–H groups in total. The highest BCUT2D eigenvalue weighted by Crippen LogP contribution is 2.21. The fourth-order valence-electron chi connectivity index (χ4n) is 1.36. The van der Waals surface area contributed by atoms with Crippen LogP contribution >= 0.6 is 27.5 Å². The molecule has 19 heavy (non-hydrogen) atoms. The predicted molar refractivity (Wildman–Crippen MR) is 71.3 cm³/mol. The van der Waals surface area contributed by atoms with Gasteiger partial charge >= 0.3 is 0 Å². The van der Waals surface area contributed by atoms with Gasteiger partial charge in [0.15, 0.2) is 0 Å². The molecule has 0 spiro atoms. The van der Waals surface area contributed by atoms with Crippen LogP contribution in [0.15, 0.2) is 34.9 Å². The Morgan fingerprint density at radius 2 is 2.05 bits per heavy atom. The Morgan fingerprint density at radius 1 is 1.32 bits per heavy atom. The van der Waals surface area contributed by atoms with Gasteiger partial charge in [0, 0.05) is 4.47 Å². The number of anilines is 1. The zero-order chi connectivity index (χ0) is 14.0. The first-order chi connectivity index (χ1) is 8.97. The van der Waals surface area contributed by atoms with Crippen molar-refractivity contribution in [2.45, 2.75) is 0 Å². The van der Waals surface area contributed by atoms with E-state index in [1.807, 2.05) is 0 Å². The third-order valence-corrected chi connectivity index (χ3v) is 3.02. The van der Waals surface area contributed by atoms with Crippen LogP contribution in [0.3, 0.4) is 0 Å². The molecule has 0 aliphatic carbocycles. The maximum Gasteiger partial charge on any atom is 0.258 e. The Balaban J connectivity index is 2.28. The van der Waals surface area contributed by atoms with E-state index in [-0.39, 0.29) is 16.4 Å². The number of halogens is 4. The number of nitrogens with zero attached hydrogens (tertiary/aromatic N) is 1. The van der Waals surface area contributed by atoms with Gasteiger partial charge in [0.2, 0.25) is 0 Å². The number of hydrogen-bond donors (Lipinski definition) is 1. The molecule has 0 fully saturated rings. The maximum atomic E-state index is 13.5. The largest absolute Gasteiger partial charge is 0.319 e. The zero-order valence-corrected chi connectivity index (χ0v) is 11.6. The minimum absolute atomic E-state index is 0.0338. The second-order valence-corrected chi connectivity index (χ2v) is 4.84. The molecule has 0 radical (unpaired) electrons. The average Bonchev–Trinajstić information content (AvgIpc) is 2.35. The first kappa shape index (κ1) is 13.9. The Kier molecular flexibility index (Phi) is 4.11. The van der Waals surface area contributed by atoms with Crippen LogP contribution in [0, 0.1) is 11.6 Å². The lowest BCUT2D eigenvalue weighted by atomic mass is 10.2. The summed E-state index contributed by atoms with van der Waals surface area (Å²) in [7, 11) is 0. The summed E-state index contributed by atoms with van der Waals surface area (Å²) in [5.74, 6) is -2.06. The van der Waals surface area contributed by atoms with E-state index >= 15 is 0 Å². The summed E-state index contributed by atoms with van der Waals surface area (Å²) in [6.45, 7) is 0. The van der Waals surface area contributed by atoms with Crippen molar-refractivity contribution in [2.75, 3.05) is 5.32 Å². The van der Waals surface area contributed by atoms with Gasteiger partial charge in [-0.05, 0) is 24.3 Å². The van der Waals surface area contributed by atoms with Crippen molar-refractivity contribution in [3.8, 4) is 0 Å². The van der Waals surface area contributed by atoms with Crippen LogP contribution in [0.4, 0.5) is 14.5 Å². The molecule has 1 aromatic heterocycles. The number of carbonyl (C=O) groups is 1. The molecule has 1 amide bonds. The summed E-state index contributed by atoms with van der Waals surface area (Å²) < 4.78 is 27.1. The molecule has 1 aromatic carbocycles. The topological polar surface area (TPSA) is 42.0 Å². The van der Waals surface area contributed by atoms with Gasteiger partial charge in [-0.1, -0.05) is 27.5 Å². The van der Waals surface area contributed by atoms with Crippen molar-refractivity contribution in [3.05, 3.63) is 57.3 Å². The minimum Gasteiger partial charge on any atom is -0.319 e. The SMILES string of the molecule is O=C(Nc1ccc(Br)cc1F)c1cc(F)cnc1Cl. The van der Waals surface area contributed by atoms with E-state index in [1.165, 1.54) is 12.1 Å². The molecule has 7 heteroatoms. The smallest absolute Gasteiger partial charge is 0.258 e. The summed E-state index contributed by atoms with van der Waals surface area (Å²) >= 11 is 8.78. The Hall–Kier alpha value is -1.53. The number of nitrogens with one attached hydrogen (secondary N) is 1. The van der Waals surface area contributed by atoms with Gasteiger partial charge in [0.05, 0.1) is 17.4 Å². The summed E-state index contributed by atoms with van der Waals surface area (Å²) in [5.41, 5.74) is -0.197. The maximum absolute atomic E-state index is 13.5. The van der Waals surface area contributed by atoms with Crippen molar-refractivity contribution in [1.82, 2.24) is 4.98 Å². The van der Waals surface area contributed by atoms with Gasteiger partial charge in [-0.25, -0.2) is 13.8 Å². The van der Waals surface area contributed by atoms with E-state index < -0.39 is 17.5 Å². The van der Waals surface area contributed by atoms with Crippen LogP contribution < -0.4 is 5.32 Å². The summed E-state index contributed by atoms with van der Waals surface area (Å²) in [6, 6.07) is 5.06. The van der Waals surface area contributed by atoms with Crippen LogP contribution in [0.25, 0.3) is 0 Å². The number of amides is 1. The Bertz CT molecular complexity index is 652. The van der Waals surface area contributed by atoms with Gasteiger partial charge in [-0.2, -0.15) is 0 Å². The summed E-state index contributed by atoms with van der Waals surface area (Å²) in [4.78, 5) is 15.3. The van der Waals surface area contributed by atoms with Crippen LogP contribution in [0.5, 0.6) is 0 Å². The standard InChI is InChI=1S/C12H6BrClF2N2O/c13-6-1-2-10(9(16)3-6)18-12(19)8-4-7(15)5-17-11(8)14/h1-5H,(H,18,19). The third kappa shape index (κ3) is 3.27. The average molecular weight is 348 g/mol. The van der Waals surface area contributed by atoms with Crippen LogP contribution in [0.2, 0.25) is 5.15 Å². The lowest BCUT2D eigenvalue weighted by molar-refractivity contribution is 0.102. The molecular weight excluding hydrogens is 341 g/mol. The van der Waals surface area contributed by atoms with Crippen molar-refractivity contribution in [1.29, 1.82) is 0 Å². The molecule has 0 bridgehead atoms. The first-order valence-corrected chi connectivity index (χ1v) is 6.22. The molecule has 3 nitrogen and oxygen atoms in total. The second-order valence-electron chi connectivity index (χ2n) is 3.57. The van der Waals surface area contributed by atoms with Crippen LogP contribution in [-0.2, 0) is 0 Å². The van der Waals surface area contributed by atoms with Gasteiger partial charge in [0.1, 0.15) is 16.8 Å². The monoisotopic (exact) mass is 346 g/mol. The molecule has 98 valence electrons. The number of carbonyl (C=O) groups excluding carboxylic acids is 1.